The number of hydrogen-bond acceptors (Lipinski definition) is 4. The Bertz CT molecular complexity index is 372. The minimum atomic E-state index is 0.164. The first-order valence-electron chi connectivity index (χ1n) is 5.06. The summed E-state index contributed by atoms with van der Waals surface area (Å²) in [4.78, 5) is 10.8. The molecule has 6 heteroatoms. The largest absolute Gasteiger partial charge is 0.393 e. The predicted octanol–water partition coefficient (Wildman–Crippen LogP) is 1.99. The summed E-state index contributed by atoms with van der Waals surface area (Å²) in [5.41, 5.74) is 5.62. The van der Waals surface area contributed by atoms with E-state index in [1.165, 1.54) is 6.33 Å². The smallest absolute Gasteiger partial charge is 0.146 e. The van der Waals surface area contributed by atoms with Gasteiger partial charge in [-0.15, -0.1) is 0 Å². The van der Waals surface area contributed by atoms with Gasteiger partial charge in [-0.05, 0) is 22.9 Å². The Hall–Kier alpha value is -0.750. The van der Waals surface area contributed by atoms with Gasteiger partial charge in [0.25, 0.3) is 0 Å². The highest BCUT2D eigenvalue weighted by atomic mass is 79.9. The number of thiocarbonyl (C=S) groups is 1. The molecule has 0 spiro atoms. The molecule has 0 saturated heterocycles. The van der Waals surface area contributed by atoms with E-state index in [9.17, 15) is 0 Å². The minimum absolute atomic E-state index is 0.164. The van der Waals surface area contributed by atoms with Gasteiger partial charge < -0.3 is 10.6 Å². The molecule has 1 aromatic rings. The van der Waals surface area contributed by atoms with Gasteiger partial charge in [0, 0.05) is 25.2 Å². The highest BCUT2D eigenvalue weighted by Crippen LogP contribution is 2.22. The summed E-state index contributed by atoms with van der Waals surface area (Å²) in [6.07, 6.45) is 3.27. The summed E-state index contributed by atoms with van der Waals surface area (Å²) in [6, 6.07) is 0. The zero-order valence-corrected chi connectivity index (χ0v) is 11.8. The van der Waals surface area contributed by atoms with Gasteiger partial charge in [-0.25, -0.2) is 9.97 Å². The molecule has 1 unspecified atom stereocenters. The van der Waals surface area contributed by atoms with Crippen LogP contribution in [0, 0.1) is 5.92 Å². The third kappa shape index (κ3) is 3.38. The summed E-state index contributed by atoms with van der Waals surface area (Å²) in [6.45, 7) is 5.70. The van der Waals surface area contributed by atoms with Crippen molar-refractivity contribution in [3.8, 4) is 0 Å². The maximum atomic E-state index is 5.62. The van der Waals surface area contributed by atoms with Gasteiger partial charge >= 0.3 is 0 Å². The lowest BCUT2D eigenvalue weighted by atomic mass is 10.1. The van der Waals surface area contributed by atoms with Crippen molar-refractivity contribution in [2.45, 2.75) is 13.8 Å². The van der Waals surface area contributed by atoms with Gasteiger partial charge in [-0.3, -0.25) is 0 Å². The second kappa shape index (κ2) is 6.10. The van der Waals surface area contributed by atoms with Crippen molar-refractivity contribution in [1.29, 1.82) is 0 Å². The summed E-state index contributed by atoms with van der Waals surface area (Å²) in [5.74, 6) is 1.04. The Morgan fingerprint density at radius 2 is 2.38 bits per heavy atom. The maximum Gasteiger partial charge on any atom is 0.146 e. The Kier molecular flexibility index (Phi) is 5.08. The number of aromatic nitrogens is 2. The first-order chi connectivity index (χ1) is 7.56. The monoisotopic (exact) mass is 302 g/mol. The lowest BCUT2D eigenvalue weighted by Crippen LogP contribution is -2.34. The van der Waals surface area contributed by atoms with Crippen LogP contribution in [0.4, 0.5) is 5.82 Å². The van der Waals surface area contributed by atoms with Crippen LogP contribution in [0.3, 0.4) is 0 Å². The molecule has 1 rings (SSSR count). The summed E-state index contributed by atoms with van der Waals surface area (Å²) in [5, 5.41) is 0. The van der Waals surface area contributed by atoms with E-state index < -0.39 is 0 Å². The maximum absolute atomic E-state index is 5.62. The van der Waals surface area contributed by atoms with Crippen molar-refractivity contribution >= 4 is 39.0 Å². The van der Waals surface area contributed by atoms with Crippen LogP contribution in [0.15, 0.2) is 17.0 Å². The fourth-order valence-corrected chi connectivity index (χ4v) is 1.87. The summed E-state index contributed by atoms with van der Waals surface area (Å²) >= 11 is 8.41. The molecule has 0 fully saturated rings. The Labute approximate surface area is 109 Å². The van der Waals surface area contributed by atoms with Gasteiger partial charge in [0.1, 0.15) is 12.1 Å². The molecule has 1 heterocycles. The van der Waals surface area contributed by atoms with Crippen molar-refractivity contribution in [3.63, 3.8) is 0 Å². The van der Waals surface area contributed by atoms with E-state index in [4.69, 9.17) is 18.0 Å². The second-order valence-corrected chi connectivity index (χ2v) is 4.86. The molecule has 0 aliphatic rings. The lowest BCUT2D eigenvalue weighted by molar-refractivity contribution is 0.697. The molecule has 88 valence electrons. The lowest BCUT2D eigenvalue weighted by Gasteiger charge is -2.25. The van der Waals surface area contributed by atoms with Crippen molar-refractivity contribution in [3.05, 3.63) is 17.0 Å². The highest BCUT2D eigenvalue weighted by molar-refractivity contribution is 9.10. The van der Waals surface area contributed by atoms with Crippen molar-refractivity contribution in [1.82, 2.24) is 9.97 Å². The van der Waals surface area contributed by atoms with Gasteiger partial charge in [-0.2, -0.15) is 0 Å². The molecule has 0 aromatic carbocycles. The number of nitrogens with two attached hydrogens (primary N) is 1. The topological polar surface area (TPSA) is 55.0 Å². The molecule has 0 radical (unpaired) electrons. The van der Waals surface area contributed by atoms with Crippen LogP contribution in [0.5, 0.6) is 0 Å². The molecule has 1 aromatic heterocycles. The van der Waals surface area contributed by atoms with Crippen LogP contribution in [0.2, 0.25) is 0 Å². The molecule has 4 nitrogen and oxygen atoms in total. The third-order valence-electron chi connectivity index (χ3n) is 2.31. The van der Waals surface area contributed by atoms with E-state index in [1.807, 2.05) is 6.92 Å². The molecule has 1 atom stereocenters. The Balaban J connectivity index is 2.83. The van der Waals surface area contributed by atoms with E-state index >= 15 is 0 Å². The first kappa shape index (κ1) is 13.3. The van der Waals surface area contributed by atoms with E-state index in [-0.39, 0.29) is 5.92 Å². The van der Waals surface area contributed by atoms with Crippen molar-refractivity contribution in [2.75, 3.05) is 18.0 Å². The van der Waals surface area contributed by atoms with Crippen molar-refractivity contribution in [2.24, 2.45) is 11.7 Å². The van der Waals surface area contributed by atoms with E-state index in [0.717, 1.165) is 23.4 Å². The van der Waals surface area contributed by atoms with Crippen LogP contribution in [0.25, 0.3) is 0 Å². The Morgan fingerprint density at radius 3 is 2.88 bits per heavy atom. The van der Waals surface area contributed by atoms with Crippen LogP contribution >= 0.6 is 28.1 Å². The van der Waals surface area contributed by atoms with E-state index in [2.05, 4.69) is 37.7 Å². The fourth-order valence-electron chi connectivity index (χ4n) is 1.32. The quantitative estimate of drug-likeness (QED) is 0.843. The molecule has 0 aliphatic heterocycles. The standard InChI is InChI=1S/C10H15BrN4S/c1-3-15(5-7(2)9(12)16)10-8(11)4-13-6-14-10/h4,6-7H,3,5H2,1-2H3,(H2,12,16). The number of halogens is 1. The first-order valence-corrected chi connectivity index (χ1v) is 6.26. The SMILES string of the molecule is CCN(CC(C)C(N)=S)c1ncncc1Br. The predicted molar refractivity (Wildman–Crippen MR) is 73.6 cm³/mol. The third-order valence-corrected chi connectivity index (χ3v) is 3.27. The zero-order chi connectivity index (χ0) is 12.1. The summed E-state index contributed by atoms with van der Waals surface area (Å²) in [7, 11) is 0. The number of hydrogen-bond donors (Lipinski definition) is 1. The minimum Gasteiger partial charge on any atom is -0.393 e. The Morgan fingerprint density at radius 1 is 1.69 bits per heavy atom. The normalized spacial score (nSPS) is 12.2. The molecule has 0 saturated carbocycles. The second-order valence-electron chi connectivity index (χ2n) is 3.54. The van der Waals surface area contributed by atoms with Gasteiger partial charge in [0.15, 0.2) is 0 Å². The molecular formula is C10H15BrN4S. The number of anilines is 1. The number of rotatable bonds is 5. The van der Waals surface area contributed by atoms with Crippen LogP contribution in [0.1, 0.15) is 13.8 Å². The summed E-state index contributed by atoms with van der Waals surface area (Å²) < 4.78 is 0.881. The highest BCUT2D eigenvalue weighted by Gasteiger charge is 2.14. The molecular weight excluding hydrogens is 288 g/mol. The molecule has 2 N–H and O–H groups in total. The van der Waals surface area contributed by atoms with Gasteiger partial charge in [0.2, 0.25) is 0 Å². The zero-order valence-electron chi connectivity index (χ0n) is 9.35. The van der Waals surface area contributed by atoms with Crippen molar-refractivity contribution < 1.29 is 0 Å². The van der Waals surface area contributed by atoms with E-state index in [0.29, 0.717) is 4.99 Å². The van der Waals surface area contributed by atoms with Gasteiger partial charge in [-0.1, -0.05) is 19.1 Å². The van der Waals surface area contributed by atoms with Crippen LogP contribution in [-0.2, 0) is 0 Å². The molecule has 0 amide bonds. The van der Waals surface area contributed by atoms with Crippen LogP contribution in [-0.4, -0.2) is 28.0 Å². The van der Waals surface area contributed by atoms with Gasteiger partial charge in [0.05, 0.1) is 9.46 Å². The fraction of sp³-hybridized carbons (Fsp3) is 0.500. The average molecular weight is 303 g/mol. The molecule has 0 aliphatic carbocycles. The number of nitrogens with zero attached hydrogens (tertiary/aromatic N) is 3. The van der Waals surface area contributed by atoms with Crippen LogP contribution < -0.4 is 10.6 Å². The molecule has 0 bridgehead atoms. The molecule has 16 heavy (non-hydrogen) atoms. The average Bonchev–Trinajstić information content (AvgIpc) is 2.26. The van der Waals surface area contributed by atoms with E-state index in [1.54, 1.807) is 6.20 Å².